The molecule has 0 rings (SSSR count). The van der Waals surface area contributed by atoms with Gasteiger partial charge < -0.3 is 15.2 Å². The molecule has 0 atom stereocenters. The van der Waals surface area contributed by atoms with Crippen LogP contribution in [0.3, 0.4) is 0 Å². The predicted octanol–water partition coefficient (Wildman–Crippen LogP) is 0.345. The number of carbonyl (C=O) groups is 2. The molecule has 0 aromatic rings. The maximum absolute atomic E-state index is 11.0. The van der Waals surface area contributed by atoms with Gasteiger partial charge in [0.2, 0.25) is 5.76 Å². The summed E-state index contributed by atoms with van der Waals surface area (Å²) in [5, 5.41) is 0. The van der Waals surface area contributed by atoms with Gasteiger partial charge in [0.1, 0.15) is 0 Å². The van der Waals surface area contributed by atoms with Crippen molar-refractivity contribution in [3.05, 3.63) is 12.3 Å². The summed E-state index contributed by atoms with van der Waals surface area (Å²) in [7, 11) is 0. The van der Waals surface area contributed by atoms with Crippen LogP contribution in [-0.4, -0.2) is 25.1 Å². The first kappa shape index (κ1) is 12.6. The minimum atomic E-state index is -0.722. The Morgan fingerprint density at radius 3 is 2.57 bits per heavy atom. The van der Waals surface area contributed by atoms with Crippen LogP contribution in [0.15, 0.2) is 12.3 Å². The van der Waals surface area contributed by atoms with E-state index in [1.165, 1.54) is 0 Å². The molecule has 0 heterocycles. The first-order valence-corrected chi connectivity index (χ1v) is 4.38. The summed E-state index contributed by atoms with van der Waals surface area (Å²) in [4.78, 5) is 21.7. The van der Waals surface area contributed by atoms with Gasteiger partial charge in [0.05, 0.1) is 13.2 Å². The molecule has 80 valence electrons. The summed E-state index contributed by atoms with van der Waals surface area (Å²) >= 11 is 0. The highest BCUT2D eigenvalue weighted by molar-refractivity contribution is 5.89. The van der Waals surface area contributed by atoms with Gasteiger partial charge >= 0.3 is 11.9 Å². The Bertz CT molecular complexity index is 225. The van der Waals surface area contributed by atoms with Gasteiger partial charge in [-0.15, -0.1) is 0 Å². The van der Waals surface area contributed by atoms with Crippen LogP contribution < -0.4 is 5.73 Å². The van der Waals surface area contributed by atoms with Gasteiger partial charge in [-0.3, -0.25) is 4.79 Å². The topological polar surface area (TPSA) is 78.6 Å². The normalized spacial score (nSPS) is 9.29. The predicted molar refractivity (Wildman–Crippen MR) is 50.2 cm³/mol. The fourth-order valence-corrected chi connectivity index (χ4v) is 0.610. The molecular formula is C9H15NO4. The molecule has 0 unspecified atom stereocenters. The largest absolute Gasteiger partial charge is 0.460 e. The van der Waals surface area contributed by atoms with E-state index in [1.807, 2.05) is 6.92 Å². The Labute approximate surface area is 82.9 Å². The van der Waals surface area contributed by atoms with Crippen molar-refractivity contribution in [3.8, 4) is 0 Å². The lowest BCUT2D eigenvalue weighted by atomic mass is 10.4. The number of rotatable bonds is 6. The molecule has 14 heavy (non-hydrogen) atoms. The highest BCUT2D eigenvalue weighted by Gasteiger charge is 2.12. The highest BCUT2D eigenvalue weighted by Crippen LogP contribution is 1.99. The average Bonchev–Trinajstić information content (AvgIpc) is 2.17. The Morgan fingerprint density at radius 2 is 2.07 bits per heavy atom. The molecule has 0 bridgehead atoms. The fourth-order valence-electron chi connectivity index (χ4n) is 0.610. The summed E-state index contributed by atoms with van der Waals surface area (Å²) in [5.74, 6) is -1.75. The summed E-state index contributed by atoms with van der Waals surface area (Å²) in [5.41, 5.74) is 4.97. The van der Waals surface area contributed by atoms with Gasteiger partial charge in [0, 0.05) is 0 Å². The summed E-state index contributed by atoms with van der Waals surface area (Å²) in [6, 6.07) is 0. The summed E-state index contributed by atoms with van der Waals surface area (Å²) in [6.07, 6.45) is 1.69. The second kappa shape index (κ2) is 7.08. The summed E-state index contributed by atoms with van der Waals surface area (Å²) < 4.78 is 9.19. The highest BCUT2D eigenvalue weighted by atomic mass is 16.6. The van der Waals surface area contributed by atoms with Crippen LogP contribution in [0, 0.1) is 0 Å². The van der Waals surface area contributed by atoms with E-state index < -0.39 is 11.9 Å². The monoisotopic (exact) mass is 201 g/mol. The lowest BCUT2D eigenvalue weighted by molar-refractivity contribution is -0.150. The van der Waals surface area contributed by atoms with E-state index in [0.29, 0.717) is 6.61 Å². The van der Waals surface area contributed by atoms with Gasteiger partial charge in [0.15, 0.2) is 0 Å². The minimum Gasteiger partial charge on any atom is -0.460 e. The van der Waals surface area contributed by atoms with Crippen LogP contribution in [0.2, 0.25) is 0 Å². The van der Waals surface area contributed by atoms with E-state index in [4.69, 9.17) is 10.5 Å². The molecule has 0 fully saturated rings. The summed E-state index contributed by atoms with van der Waals surface area (Å²) in [6.45, 7) is 5.23. The molecule has 0 spiro atoms. The minimum absolute atomic E-state index is 0.290. The molecule has 0 aliphatic rings. The van der Waals surface area contributed by atoms with Gasteiger partial charge in [-0.1, -0.05) is 13.3 Å². The van der Waals surface area contributed by atoms with Gasteiger partial charge in [-0.05, 0) is 13.0 Å². The molecule has 0 aliphatic heterocycles. The molecule has 0 radical (unpaired) electrons. The van der Waals surface area contributed by atoms with E-state index >= 15 is 0 Å². The molecule has 0 aliphatic carbocycles. The smallest absolute Gasteiger partial charge is 0.373 e. The number of carbonyl (C=O) groups excluding carboxylic acids is 2. The van der Waals surface area contributed by atoms with Gasteiger partial charge in [-0.25, -0.2) is 4.79 Å². The quantitative estimate of drug-likeness (QED) is 0.290. The molecule has 5 nitrogen and oxygen atoms in total. The van der Waals surface area contributed by atoms with Crippen molar-refractivity contribution in [3.63, 3.8) is 0 Å². The Balaban J connectivity index is 3.77. The maximum Gasteiger partial charge on any atom is 0.373 e. The third kappa shape index (κ3) is 5.31. The number of unbranched alkanes of at least 4 members (excludes halogenated alkanes) is 1. The number of nitrogens with two attached hydrogens (primary N) is 1. The molecule has 0 aromatic heterocycles. The van der Waals surface area contributed by atoms with E-state index in [0.717, 1.165) is 12.8 Å². The van der Waals surface area contributed by atoms with E-state index in [1.54, 1.807) is 0 Å². The zero-order valence-electron chi connectivity index (χ0n) is 8.25. The van der Waals surface area contributed by atoms with Crippen LogP contribution in [-0.2, 0) is 19.1 Å². The van der Waals surface area contributed by atoms with Crippen molar-refractivity contribution in [2.45, 2.75) is 19.8 Å². The molecule has 0 saturated heterocycles. The maximum atomic E-state index is 11.0. The van der Waals surface area contributed by atoms with Crippen LogP contribution in [0.25, 0.3) is 0 Å². The standard InChI is InChI=1S/C9H15NO4/c1-3-4-5-13-9(12)7(2)14-8(11)6-10/h2-6,10H2,1H3. The SMILES string of the molecule is C=C(OC(=O)CN)C(=O)OCCCC. The van der Waals surface area contributed by atoms with Crippen molar-refractivity contribution in [2.75, 3.05) is 13.2 Å². The zero-order valence-corrected chi connectivity index (χ0v) is 8.25. The number of hydrogen-bond donors (Lipinski definition) is 1. The van der Waals surface area contributed by atoms with Crippen LogP contribution in [0.5, 0.6) is 0 Å². The molecule has 0 saturated carbocycles. The molecule has 0 amide bonds. The number of hydrogen-bond acceptors (Lipinski definition) is 5. The van der Waals surface area contributed by atoms with Crippen molar-refractivity contribution in [1.29, 1.82) is 0 Å². The first-order chi connectivity index (χ1) is 6.61. The van der Waals surface area contributed by atoms with Crippen LogP contribution in [0.4, 0.5) is 0 Å². The third-order valence-electron chi connectivity index (χ3n) is 1.36. The average molecular weight is 201 g/mol. The van der Waals surface area contributed by atoms with E-state index in [2.05, 4.69) is 11.3 Å². The second-order valence-electron chi connectivity index (χ2n) is 2.59. The fraction of sp³-hybridized carbons (Fsp3) is 0.556. The molecule has 5 heteroatoms. The molecular weight excluding hydrogens is 186 g/mol. The molecule has 0 aromatic carbocycles. The van der Waals surface area contributed by atoms with E-state index in [9.17, 15) is 9.59 Å². The lowest BCUT2D eigenvalue weighted by Crippen LogP contribution is -2.20. The van der Waals surface area contributed by atoms with E-state index in [-0.39, 0.29) is 12.3 Å². The number of ether oxygens (including phenoxy) is 2. The zero-order chi connectivity index (χ0) is 11.0. The lowest BCUT2D eigenvalue weighted by Gasteiger charge is -2.05. The second-order valence-corrected chi connectivity index (χ2v) is 2.59. The van der Waals surface area contributed by atoms with Crippen molar-refractivity contribution in [2.24, 2.45) is 5.73 Å². The Hall–Kier alpha value is -1.36. The van der Waals surface area contributed by atoms with Crippen molar-refractivity contribution >= 4 is 11.9 Å². The van der Waals surface area contributed by atoms with Gasteiger partial charge in [-0.2, -0.15) is 0 Å². The van der Waals surface area contributed by atoms with Crippen LogP contribution >= 0.6 is 0 Å². The number of esters is 2. The van der Waals surface area contributed by atoms with Crippen molar-refractivity contribution in [1.82, 2.24) is 0 Å². The van der Waals surface area contributed by atoms with Crippen molar-refractivity contribution < 1.29 is 19.1 Å². The Kier molecular flexibility index (Phi) is 6.39. The Morgan fingerprint density at radius 1 is 1.43 bits per heavy atom. The third-order valence-corrected chi connectivity index (χ3v) is 1.36. The molecule has 2 N–H and O–H groups in total. The van der Waals surface area contributed by atoms with Gasteiger partial charge in [0.25, 0.3) is 0 Å². The van der Waals surface area contributed by atoms with Crippen LogP contribution in [0.1, 0.15) is 19.8 Å². The first-order valence-electron chi connectivity index (χ1n) is 4.38.